The van der Waals surface area contributed by atoms with Gasteiger partial charge in [-0.3, -0.25) is 4.79 Å². The topological polar surface area (TPSA) is 80.5 Å². The molecule has 0 aliphatic carbocycles. The molecule has 1 saturated heterocycles. The summed E-state index contributed by atoms with van der Waals surface area (Å²) in [5, 5.41) is 11.2. The molecule has 2 heterocycles. The number of rotatable bonds is 6. The molecule has 4 rings (SSSR count). The molecule has 8 heteroatoms. The summed E-state index contributed by atoms with van der Waals surface area (Å²) in [6.07, 6.45) is 0.635. The number of amides is 1. The molecular weight excluding hydrogens is 448 g/mol. The number of benzene rings is 2. The molecule has 0 bridgehead atoms. The van der Waals surface area contributed by atoms with E-state index >= 15 is 0 Å². The monoisotopic (exact) mass is 470 g/mol. The van der Waals surface area contributed by atoms with E-state index < -0.39 is 0 Å². The van der Waals surface area contributed by atoms with Crippen molar-refractivity contribution >= 4 is 33.2 Å². The van der Waals surface area contributed by atoms with Crippen molar-refractivity contribution in [2.75, 3.05) is 36.5 Å². The number of halogens is 1. The maximum Gasteiger partial charge on any atom is 0.247 e. The number of ether oxygens (including phenoxy) is 1. The van der Waals surface area contributed by atoms with Gasteiger partial charge >= 0.3 is 0 Å². The summed E-state index contributed by atoms with van der Waals surface area (Å²) >= 11 is 3.49. The van der Waals surface area contributed by atoms with Crippen molar-refractivity contribution in [2.45, 2.75) is 19.8 Å². The van der Waals surface area contributed by atoms with E-state index in [9.17, 15) is 4.79 Å². The number of nitrogens with one attached hydrogen (secondary N) is 1. The highest BCUT2D eigenvalue weighted by atomic mass is 79.9. The Morgan fingerprint density at radius 2 is 1.90 bits per heavy atom. The van der Waals surface area contributed by atoms with E-state index in [1.807, 2.05) is 49.4 Å². The van der Waals surface area contributed by atoms with Gasteiger partial charge in [0.2, 0.25) is 17.7 Å². The SMILES string of the molecule is Cc1ccc(-c2nnc(CCC(=O)Nc3cc(Br)ccc3N3CCOCC3)o2)cc1. The average Bonchev–Trinajstić information content (AvgIpc) is 3.23. The van der Waals surface area contributed by atoms with Gasteiger partial charge in [0.25, 0.3) is 0 Å². The second-order valence-electron chi connectivity index (χ2n) is 7.18. The maximum absolute atomic E-state index is 12.6. The lowest BCUT2D eigenvalue weighted by molar-refractivity contribution is -0.116. The van der Waals surface area contributed by atoms with Gasteiger partial charge in [0.15, 0.2) is 0 Å². The van der Waals surface area contributed by atoms with Crippen molar-refractivity contribution < 1.29 is 13.9 Å². The Labute approximate surface area is 183 Å². The second kappa shape index (κ2) is 9.40. The number of carbonyl (C=O) groups excluding carboxylic acids is 1. The predicted octanol–water partition coefficient (Wildman–Crippen LogP) is 4.22. The number of hydrogen-bond donors (Lipinski definition) is 1. The highest BCUT2D eigenvalue weighted by molar-refractivity contribution is 9.10. The van der Waals surface area contributed by atoms with Gasteiger partial charge < -0.3 is 19.4 Å². The van der Waals surface area contributed by atoms with Gasteiger partial charge in [0, 0.05) is 36.0 Å². The van der Waals surface area contributed by atoms with Crippen molar-refractivity contribution in [1.82, 2.24) is 10.2 Å². The van der Waals surface area contributed by atoms with Crippen LogP contribution < -0.4 is 10.2 Å². The zero-order chi connectivity index (χ0) is 20.9. The molecule has 0 unspecified atom stereocenters. The zero-order valence-corrected chi connectivity index (χ0v) is 18.3. The Bertz CT molecular complexity index is 1010. The quantitative estimate of drug-likeness (QED) is 0.580. The minimum Gasteiger partial charge on any atom is -0.421 e. The minimum absolute atomic E-state index is 0.0994. The third kappa shape index (κ3) is 5.06. The van der Waals surface area contributed by atoms with Crippen molar-refractivity contribution in [1.29, 1.82) is 0 Å². The van der Waals surface area contributed by atoms with Crippen LogP contribution >= 0.6 is 15.9 Å². The van der Waals surface area contributed by atoms with Crippen LogP contribution in [0.4, 0.5) is 11.4 Å². The fraction of sp³-hybridized carbons (Fsp3) is 0.318. The highest BCUT2D eigenvalue weighted by Crippen LogP contribution is 2.30. The highest BCUT2D eigenvalue weighted by Gasteiger charge is 2.17. The van der Waals surface area contributed by atoms with Gasteiger partial charge in [0.1, 0.15) is 0 Å². The third-order valence-electron chi connectivity index (χ3n) is 4.92. The Morgan fingerprint density at radius 3 is 2.67 bits per heavy atom. The fourth-order valence-electron chi connectivity index (χ4n) is 3.29. The second-order valence-corrected chi connectivity index (χ2v) is 8.09. The number of aryl methyl sites for hydroxylation is 2. The van der Waals surface area contributed by atoms with Crippen molar-refractivity contribution in [3.63, 3.8) is 0 Å². The van der Waals surface area contributed by atoms with Crippen LogP contribution in [0.5, 0.6) is 0 Å². The van der Waals surface area contributed by atoms with E-state index in [4.69, 9.17) is 9.15 Å². The van der Waals surface area contributed by atoms with Crippen LogP contribution in [0.3, 0.4) is 0 Å². The van der Waals surface area contributed by atoms with Crippen LogP contribution in [-0.4, -0.2) is 42.4 Å². The van der Waals surface area contributed by atoms with Crippen LogP contribution in [0.2, 0.25) is 0 Å². The normalized spacial score (nSPS) is 14.0. The van der Waals surface area contributed by atoms with Gasteiger partial charge in [-0.2, -0.15) is 0 Å². The molecule has 0 atom stereocenters. The molecule has 0 spiro atoms. The van der Waals surface area contributed by atoms with Crippen LogP contribution in [0.1, 0.15) is 17.9 Å². The van der Waals surface area contributed by atoms with E-state index in [2.05, 4.69) is 36.3 Å². The van der Waals surface area contributed by atoms with Crippen molar-refractivity contribution in [3.8, 4) is 11.5 Å². The molecule has 1 fully saturated rings. The molecule has 0 saturated carbocycles. The summed E-state index contributed by atoms with van der Waals surface area (Å²) in [5.41, 5.74) is 3.81. The Morgan fingerprint density at radius 1 is 1.13 bits per heavy atom. The molecule has 0 radical (unpaired) electrons. The van der Waals surface area contributed by atoms with E-state index in [-0.39, 0.29) is 12.3 Å². The first kappa shape index (κ1) is 20.6. The van der Waals surface area contributed by atoms with Crippen LogP contribution in [-0.2, 0) is 16.0 Å². The molecule has 1 amide bonds. The standard InChI is InChI=1S/C22H23BrN4O3/c1-15-2-4-16(5-3-15)22-26-25-21(30-22)9-8-20(28)24-18-14-17(23)6-7-19(18)27-10-12-29-13-11-27/h2-7,14H,8-13H2,1H3,(H,24,28). The number of nitrogens with zero attached hydrogens (tertiary/aromatic N) is 3. The number of morpholine rings is 1. The van der Waals surface area contributed by atoms with Crippen molar-refractivity contribution in [3.05, 3.63) is 58.4 Å². The molecule has 1 aliphatic rings. The molecule has 2 aromatic carbocycles. The first-order valence-corrected chi connectivity index (χ1v) is 10.7. The van der Waals surface area contributed by atoms with Gasteiger partial charge in [-0.05, 0) is 37.3 Å². The summed E-state index contributed by atoms with van der Waals surface area (Å²) in [4.78, 5) is 14.8. The first-order chi connectivity index (χ1) is 14.6. The molecule has 30 heavy (non-hydrogen) atoms. The average molecular weight is 471 g/mol. The lowest BCUT2D eigenvalue weighted by Crippen LogP contribution is -2.36. The predicted molar refractivity (Wildman–Crippen MR) is 119 cm³/mol. The molecule has 1 aliphatic heterocycles. The lowest BCUT2D eigenvalue weighted by Gasteiger charge is -2.30. The van der Waals surface area contributed by atoms with Gasteiger partial charge in [-0.15, -0.1) is 10.2 Å². The van der Waals surface area contributed by atoms with E-state index in [0.29, 0.717) is 31.4 Å². The van der Waals surface area contributed by atoms with Gasteiger partial charge in [-0.25, -0.2) is 0 Å². The molecule has 1 aromatic heterocycles. The first-order valence-electron chi connectivity index (χ1n) is 9.90. The summed E-state index contributed by atoms with van der Waals surface area (Å²) in [7, 11) is 0. The minimum atomic E-state index is -0.0994. The zero-order valence-electron chi connectivity index (χ0n) is 16.7. The van der Waals surface area contributed by atoms with E-state index in [1.54, 1.807) is 0 Å². The third-order valence-corrected chi connectivity index (χ3v) is 5.41. The van der Waals surface area contributed by atoms with Crippen LogP contribution in [0.15, 0.2) is 51.4 Å². The molecule has 1 N–H and O–H groups in total. The number of hydrogen-bond acceptors (Lipinski definition) is 6. The smallest absolute Gasteiger partial charge is 0.247 e. The molecule has 156 valence electrons. The molecular formula is C22H23BrN4O3. The van der Waals surface area contributed by atoms with Gasteiger partial charge in [-0.1, -0.05) is 33.6 Å². The Hall–Kier alpha value is -2.71. The maximum atomic E-state index is 12.6. The van der Waals surface area contributed by atoms with E-state index in [1.165, 1.54) is 5.56 Å². The summed E-state index contributed by atoms with van der Waals surface area (Å²) in [6, 6.07) is 13.8. The Kier molecular flexibility index (Phi) is 6.44. The summed E-state index contributed by atoms with van der Waals surface area (Å²) in [6.45, 7) is 4.99. The van der Waals surface area contributed by atoms with Crippen LogP contribution in [0.25, 0.3) is 11.5 Å². The summed E-state index contributed by atoms with van der Waals surface area (Å²) in [5.74, 6) is 0.813. The number of anilines is 2. The number of aromatic nitrogens is 2. The van der Waals surface area contributed by atoms with Crippen LogP contribution in [0, 0.1) is 6.92 Å². The lowest BCUT2D eigenvalue weighted by atomic mass is 10.1. The molecule has 7 nitrogen and oxygen atoms in total. The van der Waals surface area contributed by atoms with E-state index in [0.717, 1.165) is 34.5 Å². The largest absolute Gasteiger partial charge is 0.421 e. The van der Waals surface area contributed by atoms with Crippen molar-refractivity contribution in [2.24, 2.45) is 0 Å². The molecule has 3 aromatic rings. The van der Waals surface area contributed by atoms with Gasteiger partial charge in [0.05, 0.1) is 24.6 Å². The fourth-order valence-corrected chi connectivity index (χ4v) is 3.65. The Balaban J connectivity index is 1.38. The number of carbonyl (C=O) groups is 1. The summed E-state index contributed by atoms with van der Waals surface area (Å²) < 4.78 is 12.1.